The van der Waals surface area contributed by atoms with Crippen molar-refractivity contribution in [3.63, 3.8) is 0 Å². The smallest absolute Gasteiger partial charge is 0.410 e. The minimum Gasteiger partial charge on any atom is -0.497 e. The number of alkyl halides is 3. The van der Waals surface area contributed by atoms with E-state index < -0.39 is 24.2 Å². The van der Waals surface area contributed by atoms with E-state index in [1.807, 2.05) is 0 Å². The van der Waals surface area contributed by atoms with E-state index in [-0.39, 0.29) is 17.9 Å². The highest BCUT2D eigenvalue weighted by Gasteiger charge is 2.46. The Kier molecular flexibility index (Phi) is 5.53. The van der Waals surface area contributed by atoms with E-state index in [4.69, 9.17) is 16.3 Å². The van der Waals surface area contributed by atoms with Crippen LogP contribution in [0.2, 0.25) is 5.02 Å². The Morgan fingerprint density at radius 3 is 2.61 bits per heavy atom. The first-order chi connectivity index (χ1) is 14.7. The van der Waals surface area contributed by atoms with Crippen molar-refractivity contribution in [3.8, 4) is 5.75 Å². The van der Waals surface area contributed by atoms with Crippen molar-refractivity contribution in [2.45, 2.75) is 24.7 Å². The summed E-state index contributed by atoms with van der Waals surface area (Å²) in [6, 6.07) is 12.1. The van der Waals surface area contributed by atoms with Crippen molar-refractivity contribution in [1.29, 1.82) is 0 Å². The molecule has 2 aromatic carbocycles. The summed E-state index contributed by atoms with van der Waals surface area (Å²) >= 11 is 5.91. The van der Waals surface area contributed by atoms with Gasteiger partial charge in [-0.3, -0.25) is 4.79 Å². The number of nitrogens with zero attached hydrogens (tertiary/aromatic N) is 2. The van der Waals surface area contributed by atoms with Crippen LogP contribution in [0.3, 0.4) is 0 Å². The molecule has 3 aromatic rings. The van der Waals surface area contributed by atoms with Crippen molar-refractivity contribution < 1.29 is 22.7 Å². The van der Waals surface area contributed by atoms with Crippen LogP contribution >= 0.6 is 11.6 Å². The van der Waals surface area contributed by atoms with E-state index in [1.165, 1.54) is 19.2 Å². The Morgan fingerprint density at radius 1 is 1.23 bits per heavy atom. The van der Waals surface area contributed by atoms with Crippen molar-refractivity contribution in [1.82, 2.24) is 9.78 Å². The van der Waals surface area contributed by atoms with Crippen LogP contribution in [-0.2, 0) is 0 Å². The third-order valence-electron chi connectivity index (χ3n) is 5.02. The van der Waals surface area contributed by atoms with Crippen molar-refractivity contribution in [2.75, 3.05) is 17.7 Å². The van der Waals surface area contributed by atoms with Gasteiger partial charge in [0.05, 0.1) is 13.2 Å². The molecular formula is C21H18ClF3N4O2. The van der Waals surface area contributed by atoms with Crippen molar-refractivity contribution >= 4 is 29.0 Å². The predicted octanol–water partition coefficient (Wildman–Crippen LogP) is 5.46. The van der Waals surface area contributed by atoms with E-state index >= 15 is 0 Å². The number of rotatable bonds is 4. The first-order valence-electron chi connectivity index (χ1n) is 9.38. The molecule has 31 heavy (non-hydrogen) atoms. The lowest BCUT2D eigenvalue weighted by Gasteiger charge is -2.33. The molecule has 0 saturated heterocycles. The Balaban J connectivity index is 1.63. The number of benzene rings is 2. The third-order valence-corrected chi connectivity index (χ3v) is 5.26. The number of methoxy groups -OCH3 is 1. The molecule has 0 spiro atoms. The number of nitrogens with one attached hydrogen (secondary N) is 2. The van der Waals surface area contributed by atoms with Gasteiger partial charge in [0.25, 0.3) is 5.91 Å². The van der Waals surface area contributed by atoms with E-state index in [0.29, 0.717) is 22.0 Å². The summed E-state index contributed by atoms with van der Waals surface area (Å²) in [5.41, 5.74) is 0.958. The third kappa shape index (κ3) is 4.46. The van der Waals surface area contributed by atoms with Gasteiger partial charge in [-0.2, -0.15) is 18.3 Å². The van der Waals surface area contributed by atoms with Crippen molar-refractivity contribution in [2.24, 2.45) is 0 Å². The van der Waals surface area contributed by atoms with Gasteiger partial charge >= 0.3 is 6.18 Å². The Labute approximate surface area is 181 Å². The Bertz CT molecular complexity index is 1100. The van der Waals surface area contributed by atoms with Crippen molar-refractivity contribution in [3.05, 3.63) is 70.9 Å². The number of carbonyl (C=O) groups excluding carboxylic acids is 1. The monoisotopic (exact) mass is 450 g/mol. The molecule has 0 radical (unpaired) electrons. The lowest BCUT2D eigenvalue weighted by molar-refractivity contribution is -0.173. The van der Waals surface area contributed by atoms with Gasteiger partial charge in [0.1, 0.15) is 11.6 Å². The Morgan fingerprint density at radius 2 is 1.97 bits per heavy atom. The summed E-state index contributed by atoms with van der Waals surface area (Å²) < 4.78 is 47.3. The van der Waals surface area contributed by atoms with Gasteiger partial charge < -0.3 is 15.4 Å². The maximum Gasteiger partial charge on any atom is 0.410 e. The second kappa shape index (κ2) is 8.14. The highest BCUT2D eigenvalue weighted by molar-refractivity contribution is 6.30. The van der Waals surface area contributed by atoms with E-state index in [1.54, 1.807) is 42.5 Å². The minimum absolute atomic E-state index is 0.116. The molecule has 0 saturated carbocycles. The number of aromatic nitrogens is 2. The number of amides is 1. The first kappa shape index (κ1) is 21.0. The molecule has 0 aliphatic carbocycles. The number of ether oxygens (including phenoxy) is 1. The average Bonchev–Trinajstić information content (AvgIpc) is 3.16. The van der Waals surface area contributed by atoms with Gasteiger partial charge in [0, 0.05) is 23.2 Å². The molecule has 0 fully saturated rings. The van der Waals surface area contributed by atoms with E-state index in [2.05, 4.69) is 15.7 Å². The molecule has 162 valence electrons. The van der Waals surface area contributed by atoms with Gasteiger partial charge in [0.15, 0.2) is 11.7 Å². The predicted molar refractivity (Wildman–Crippen MR) is 111 cm³/mol. The molecule has 1 aromatic heterocycles. The number of fused-ring (bicyclic) bond motifs is 1. The summed E-state index contributed by atoms with van der Waals surface area (Å²) in [6.45, 7) is 0. The highest BCUT2D eigenvalue weighted by Crippen LogP contribution is 2.43. The lowest BCUT2D eigenvalue weighted by atomic mass is 9.97. The SMILES string of the molecule is COc1ccc([C@@H]2C[C@@H](C(F)(F)F)n3nc(C(=O)Nc4cccc(Cl)c4)cc3N2)cc1. The van der Waals surface area contributed by atoms with Crippen LogP contribution in [-0.4, -0.2) is 29.0 Å². The first-order valence-corrected chi connectivity index (χ1v) is 9.76. The zero-order valence-corrected chi connectivity index (χ0v) is 17.0. The fourth-order valence-corrected chi connectivity index (χ4v) is 3.69. The van der Waals surface area contributed by atoms with Gasteiger partial charge in [0.2, 0.25) is 0 Å². The molecule has 2 atom stereocenters. The van der Waals surface area contributed by atoms with Crippen LogP contribution < -0.4 is 15.4 Å². The van der Waals surface area contributed by atoms with Crippen LogP contribution in [0.25, 0.3) is 0 Å². The van der Waals surface area contributed by atoms with Gasteiger partial charge in [-0.15, -0.1) is 0 Å². The molecule has 4 rings (SSSR count). The summed E-state index contributed by atoms with van der Waals surface area (Å²) in [5, 5.41) is 10.0. The summed E-state index contributed by atoms with van der Waals surface area (Å²) in [5.74, 6) is 0.0930. The molecule has 1 aliphatic rings. The van der Waals surface area contributed by atoms with E-state index in [0.717, 1.165) is 4.68 Å². The second-order valence-corrected chi connectivity index (χ2v) is 7.52. The maximum atomic E-state index is 13.8. The fourth-order valence-electron chi connectivity index (χ4n) is 3.50. The van der Waals surface area contributed by atoms with Crippen LogP contribution in [0.4, 0.5) is 24.7 Å². The Hall–Kier alpha value is -3.20. The van der Waals surface area contributed by atoms with E-state index in [9.17, 15) is 18.0 Å². The topological polar surface area (TPSA) is 68.2 Å². The molecule has 10 heteroatoms. The number of hydrogen-bond donors (Lipinski definition) is 2. The molecule has 2 N–H and O–H groups in total. The van der Waals surface area contributed by atoms with Crippen LogP contribution in [0.5, 0.6) is 5.75 Å². The molecule has 0 unspecified atom stereocenters. The number of halogens is 4. The number of hydrogen-bond acceptors (Lipinski definition) is 4. The van der Waals surface area contributed by atoms with Crippen LogP contribution in [0.1, 0.15) is 34.6 Å². The number of anilines is 2. The summed E-state index contributed by atoms with van der Waals surface area (Å²) in [6.07, 6.45) is -4.80. The average molecular weight is 451 g/mol. The fraction of sp³-hybridized carbons (Fsp3) is 0.238. The normalized spacial score (nSPS) is 18.1. The van der Waals surface area contributed by atoms with Crippen LogP contribution in [0.15, 0.2) is 54.6 Å². The zero-order chi connectivity index (χ0) is 22.2. The quantitative estimate of drug-likeness (QED) is 0.554. The standard InChI is InChI=1S/C21H18ClF3N4O2/c1-31-15-7-5-12(6-8-15)16-10-18(21(23,24)25)29-19(27-16)11-17(28-29)20(30)26-14-4-2-3-13(22)9-14/h2-9,11,16,18,27H,10H2,1H3,(H,26,30)/t16-,18-/m0/s1. The summed E-state index contributed by atoms with van der Waals surface area (Å²) in [4.78, 5) is 12.6. The lowest BCUT2D eigenvalue weighted by Crippen LogP contribution is -2.35. The minimum atomic E-state index is -4.53. The summed E-state index contributed by atoms with van der Waals surface area (Å²) in [7, 11) is 1.52. The molecule has 1 aliphatic heterocycles. The zero-order valence-electron chi connectivity index (χ0n) is 16.3. The maximum absolute atomic E-state index is 13.8. The largest absolute Gasteiger partial charge is 0.497 e. The molecular weight excluding hydrogens is 433 g/mol. The second-order valence-electron chi connectivity index (χ2n) is 7.09. The van der Waals surface area contributed by atoms with Gasteiger partial charge in [-0.1, -0.05) is 29.8 Å². The van der Waals surface area contributed by atoms with Crippen LogP contribution in [0, 0.1) is 0 Å². The molecule has 6 nitrogen and oxygen atoms in total. The van der Waals surface area contributed by atoms with Gasteiger partial charge in [-0.25, -0.2) is 4.68 Å². The number of carbonyl (C=O) groups is 1. The highest BCUT2D eigenvalue weighted by atomic mass is 35.5. The molecule has 1 amide bonds. The molecule has 0 bridgehead atoms. The van der Waals surface area contributed by atoms with Gasteiger partial charge in [-0.05, 0) is 35.9 Å². The molecule has 2 heterocycles.